The molecule has 0 unspecified atom stereocenters. The zero-order chi connectivity index (χ0) is 12.4. The van der Waals surface area contributed by atoms with Crippen LogP contribution in [0.1, 0.15) is 0 Å². The van der Waals surface area contributed by atoms with Crippen molar-refractivity contribution in [3.63, 3.8) is 0 Å². The van der Waals surface area contributed by atoms with E-state index in [-0.39, 0.29) is 5.95 Å². The third kappa shape index (κ3) is 2.05. The predicted octanol–water partition coefficient (Wildman–Crippen LogP) is 2.24. The highest BCUT2D eigenvalue weighted by molar-refractivity contribution is 7.18. The van der Waals surface area contributed by atoms with Gasteiger partial charge in [-0.25, -0.2) is 15.0 Å². The topological polar surface area (TPSA) is 77.6 Å². The van der Waals surface area contributed by atoms with Crippen LogP contribution in [-0.2, 0) is 0 Å². The molecule has 0 aliphatic heterocycles. The molecule has 3 heterocycles. The molecule has 0 aliphatic carbocycles. The summed E-state index contributed by atoms with van der Waals surface area (Å²) in [7, 11) is 0. The van der Waals surface area contributed by atoms with Gasteiger partial charge in [0.1, 0.15) is 5.01 Å². The van der Waals surface area contributed by atoms with E-state index in [1.807, 2.05) is 18.2 Å². The largest absolute Gasteiger partial charge is 0.368 e. The second-order valence-electron chi connectivity index (χ2n) is 3.57. The van der Waals surface area contributed by atoms with Crippen molar-refractivity contribution >= 4 is 17.3 Å². The Morgan fingerprint density at radius 3 is 2.78 bits per heavy atom. The van der Waals surface area contributed by atoms with Gasteiger partial charge >= 0.3 is 0 Å². The van der Waals surface area contributed by atoms with Crippen LogP contribution in [0.15, 0.2) is 43.0 Å². The number of nitrogen functional groups attached to an aromatic ring is 1. The first kappa shape index (κ1) is 10.8. The van der Waals surface area contributed by atoms with Gasteiger partial charge in [0.15, 0.2) is 0 Å². The molecule has 2 N–H and O–H groups in total. The zero-order valence-corrected chi connectivity index (χ0v) is 10.1. The fourth-order valence-electron chi connectivity index (χ4n) is 1.53. The van der Waals surface area contributed by atoms with Crippen LogP contribution < -0.4 is 5.73 Å². The molecule has 6 heteroatoms. The van der Waals surface area contributed by atoms with Gasteiger partial charge in [-0.1, -0.05) is 0 Å². The average Bonchev–Trinajstić information content (AvgIpc) is 2.89. The van der Waals surface area contributed by atoms with Crippen molar-refractivity contribution < 1.29 is 0 Å². The number of hydrogen-bond donors (Lipinski definition) is 1. The van der Waals surface area contributed by atoms with E-state index in [2.05, 4.69) is 19.9 Å². The molecule has 0 saturated carbocycles. The second kappa shape index (κ2) is 4.50. The minimum absolute atomic E-state index is 0.267. The van der Waals surface area contributed by atoms with Crippen molar-refractivity contribution in [2.75, 3.05) is 5.73 Å². The quantitative estimate of drug-likeness (QED) is 0.759. The highest BCUT2D eigenvalue weighted by Crippen LogP contribution is 2.30. The number of pyridine rings is 1. The lowest BCUT2D eigenvalue weighted by Crippen LogP contribution is -1.93. The molecule has 5 nitrogen and oxygen atoms in total. The molecule has 0 fully saturated rings. The van der Waals surface area contributed by atoms with E-state index in [0.717, 1.165) is 21.1 Å². The van der Waals surface area contributed by atoms with Crippen molar-refractivity contribution in [3.05, 3.63) is 43.0 Å². The minimum atomic E-state index is 0.267. The number of rotatable bonds is 2. The first-order valence-electron chi connectivity index (χ1n) is 5.28. The summed E-state index contributed by atoms with van der Waals surface area (Å²) in [5, 5.41) is 0.912. The molecule has 3 aromatic heterocycles. The van der Waals surface area contributed by atoms with Crippen LogP contribution in [0.5, 0.6) is 0 Å². The van der Waals surface area contributed by atoms with Crippen LogP contribution in [0.25, 0.3) is 21.1 Å². The van der Waals surface area contributed by atoms with Gasteiger partial charge in [-0.3, -0.25) is 4.98 Å². The summed E-state index contributed by atoms with van der Waals surface area (Å²) in [4.78, 5) is 17.5. The van der Waals surface area contributed by atoms with Crippen LogP contribution in [-0.4, -0.2) is 19.9 Å². The summed E-state index contributed by atoms with van der Waals surface area (Å²) in [6.07, 6.45) is 6.95. The fourth-order valence-corrected chi connectivity index (χ4v) is 2.40. The number of nitrogens with two attached hydrogens (primary N) is 1. The molecule has 0 amide bonds. The lowest BCUT2D eigenvalue weighted by Gasteiger charge is -1.96. The van der Waals surface area contributed by atoms with E-state index in [1.165, 1.54) is 0 Å². The molecule has 0 bridgehead atoms. The van der Waals surface area contributed by atoms with Gasteiger partial charge in [-0.15, -0.1) is 11.3 Å². The molecule has 88 valence electrons. The molecule has 0 saturated heterocycles. The summed E-state index contributed by atoms with van der Waals surface area (Å²) in [5.74, 6) is 0.267. The number of aromatic nitrogens is 4. The highest BCUT2D eigenvalue weighted by atomic mass is 32.1. The maximum atomic E-state index is 5.57. The van der Waals surface area contributed by atoms with E-state index in [0.29, 0.717) is 0 Å². The Hall–Kier alpha value is -2.34. The monoisotopic (exact) mass is 255 g/mol. The molecule has 3 rings (SSSR count). The summed E-state index contributed by atoms with van der Waals surface area (Å²) in [6.45, 7) is 0. The maximum absolute atomic E-state index is 5.57. The Labute approximate surface area is 107 Å². The van der Waals surface area contributed by atoms with Crippen molar-refractivity contribution in [1.82, 2.24) is 19.9 Å². The number of nitrogens with zero attached hydrogens (tertiary/aromatic N) is 4. The van der Waals surface area contributed by atoms with E-state index in [9.17, 15) is 0 Å². The van der Waals surface area contributed by atoms with E-state index in [4.69, 9.17) is 5.73 Å². The molecule has 0 atom stereocenters. The molecule has 0 aliphatic rings. The second-order valence-corrected chi connectivity index (χ2v) is 4.60. The normalized spacial score (nSPS) is 10.4. The zero-order valence-electron chi connectivity index (χ0n) is 9.32. The summed E-state index contributed by atoms with van der Waals surface area (Å²) < 4.78 is 0. The summed E-state index contributed by atoms with van der Waals surface area (Å²) >= 11 is 1.55. The van der Waals surface area contributed by atoms with Gasteiger partial charge in [0.25, 0.3) is 0 Å². The lowest BCUT2D eigenvalue weighted by molar-refractivity contribution is 1.19. The molecular formula is C12H9N5S. The van der Waals surface area contributed by atoms with Crippen molar-refractivity contribution in [1.29, 1.82) is 0 Å². The van der Waals surface area contributed by atoms with Crippen LogP contribution in [0.2, 0.25) is 0 Å². The Morgan fingerprint density at radius 2 is 2.00 bits per heavy atom. The number of thiazole rings is 1. The van der Waals surface area contributed by atoms with E-state index < -0.39 is 0 Å². The van der Waals surface area contributed by atoms with Crippen LogP contribution >= 0.6 is 11.3 Å². The van der Waals surface area contributed by atoms with Gasteiger partial charge in [-0.05, 0) is 18.2 Å². The van der Waals surface area contributed by atoms with E-state index in [1.54, 1.807) is 36.1 Å². The van der Waals surface area contributed by atoms with Gasteiger partial charge < -0.3 is 5.73 Å². The number of hydrogen-bond acceptors (Lipinski definition) is 6. The molecular weight excluding hydrogens is 246 g/mol. The molecule has 0 aromatic carbocycles. The fraction of sp³-hybridized carbons (Fsp3) is 0. The molecule has 3 aromatic rings. The molecule has 0 spiro atoms. The van der Waals surface area contributed by atoms with Crippen LogP contribution in [0, 0.1) is 0 Å². The maximum Gasteiger partial charge on any atom is 0.220 e. The predicted molar refractivity (Wildman–Crippen MR) is 70.8 cm³/mol. The van der Waals surface area contributed by atoms with Gasteiger partial charge in [0, 0.05) is 30.4 Å². The lowest BCUT2D eigenvalue weighted by atomic mass is 10.3. The first-order valence-corrected chi connectivity index (χ1v) is 6.10. The highest BCUT2D eigenvalue weighted by Gasteiger charge is 2.07. The summed E-state index contributed by atoms with van der Waals surface area (Å²) in [5.41, 5.74) is 7.35. The van der Waals surface area contributed by atoms with Crippen molar-refractivity contribution in [3.8, 4) is 21.1 Å². The average molecular weight is 255 g/mol. The van der Waals surface area contributed by atoms with Gasteiger partial charge in [-0.2, -0.15) is 0 Å². The Balaban J connectivity index is 2.00. The number of anilines is 1. The standard InChI is InChI=1S/C12H9N5S/c13-12-15-5-3-9(17-12)10-7-16-11(18-10)8-2-1-4-14-6-8/h1-7H,(H2,13,15,17). The summed E-state index contributed by atoms with van der Waals surface area (Å²) in [6, 6.07) is 5.68. The third-order valence-electron chi connectivity index (χ3n) is 2.34. The molecule has 0 radical (unpaired) electrons. The third-order valence-corrected chi connectivity index (χ3v) is 3.41. The van der Waals surface area contributed by atoms with Gasteiger partial charge in [0.2, 0.25) is 5.95 Å². The molecule has 18 heavy (non-hydrogen) atoms. The van der Waals surface area contributed by atoms with Crippen LogP contribution in [0.3, 0.4) is 0 Å². The smallest absolute Gasteiger partial charge is 0.220 e. The minimum Gasteiger partial charge on any atom is -0.368 e. The van der Waals surface area contributed by atoms with Crippen molar-refractivity contribution in [2.45, 2.75) is 0 Å². The van der Waals surface area contributed by atoms with E-state index >= 15 is 0 Å². The Kier molecular flexibility index (Phi) is 2.70. The SMILES string of the molecule is Nc1nccc(-c2cnc(-c3cccnc3)s2)n1. The van der Waals surface area contributed by atoms with Gasteiger partial charge in [0.05, 0.1) is 10.6 Å². The Morgan fingerprint density at radius 1 is 1.06 bits per heavy atom. The first-order chi connectivity index (χ1) is 8.83. The Bertz CT molecular complexity index is 665. The van der Waals surface area contributed by atoms with Crippen LogP contribution in [0.4, 0.5) is 5.95 Å². The van der Waals surface area contributed by atoms with Crippen molar-refractivity contribution in [2.24, 2.45) is 0 Å².